The summed E-state index contributed by atoms with van der Waals surface area (Å²) in [6.07, 6.45) is -0.543. The van der Waals surface area contributed by atoms with Gasteiger partial charge < -0.3 is 15.2 Å². The predicted octanol–water partition coefficient (Wildman–Crippen LogP) is 4.63. The average molecular weight is 447 g/mol. The Balaban J connectivity index is 1.98. The molecule has 0 fully saturated rings. The minimum absolute atomic E-state index is 0.0212. The summed E-state index contributed by atoms with van der Waals surface area (Å²) in [5, 5.41) is 11.9. The number of aliphatic carboxylic acids is 1. The van der Waals surface area contributed by atoms with Gasteiger partial charge in [-0.15, -0.1) is 0 Å². The lowest BCUT2D eigenvalue weighted by molar-refractivity contribution is -0.137. The first kappa shape index (κ1) is 22.2. The number of ether oxygens (including phenoxy) is 1. The topological polar surface area (TPSA) is 88.5 Å². The number of benzene rings is 2. The SMILES string of the molecule is COc1ccc(C(=O)N[C@@H](CC(=O)O)c2ccccc2F)nc1-c1cc(Cl)ccc1F. The van der Waals surface area contributed by atoms with E-state index in [-0.39, 0.29) is 33.3 Å². The number of carbonyl (C=O) groups is 2. The van der Waals surface area contributed by atoms with Gasteiger partial charge in [-0.1, -0.05) is 29.8 Å². The van der Waals surface area contributed by atoms with E-state index >= 15 is 0 Å². The van der Waals surface area contributed by atoms with Crippen LogP contribution >= 0.6 is 11.6 Å². The standard InChI is InChI=1S/C22H17ClF2N2O4/c1-31-19-9-8-17(26-21(19)14-10-12(23)6-7-16(14)25)22(30)27-18(11-20(28)29)13-4-2-3-5-15(13)24/h2-10,18H,11H2,1H3,(H,27,30)(H,28,29)/t18-/m0/s1. The molecule has 2 N–H and O–H groups in total. The molecule has 0 aliphatic rings. The van der Waals surface area contributed by atoms with Crippen LogP contribution in [0.4, 0.5) is 8.78 Å². The highest BCUT2D eigenvalue weighted by Crippen LogP contribution is 2.32. The highest BCUT2D eigenvalue weighted by atomic mass is 35.5. The van der Waals surface area contributed by atoms with Crippen molar-refractivity contribution in [2.24, 2.45) is 0 Å². The first-order valence-corrected chi connectivity index (χ1v) is 9.45. The second-order valence-corrected chi connectivity index (χ2v) is 6.95. The molecule has 0 spiro atoms. The van der Waals surface area contributed by atoms with Crippen molar-refractivity contribution in [2.45, 2.75) is 12.5 Å². The lowest BCUT2D eigenvalue weighted by atomic mass is 10.0. The second kappa shape index (κ2) is 9.53. The van der Waals surface area contributed by atoms with Gasteiger partial charge in [0.1, 0.15) is 28.8 Å². The van der Waals surface area contributed by atoms with Crippen LogP contribution in [0.5, 0.6) is 5.75 Å². The Hall–Kier alpha value is -3.52. The Morgan fingerprint density at radius 3 is 2.55 bits per heavy atom. The summed E-state index contributed by atoms with van der Waals surface area (Å²) in [5.41, 5.74) is -0.0548. The molecule has 0 aliphatic carbocycles. The molecular weight excluding hydrogens is 430 g/mol. The summed E-state index contributed by atoms with van der Waals surface area (Å²) in [4.78, 5) is 28.2. The van der Waals surface area contributed by atoms with Crippen LogP contribution in [0, 0.1) is 11.6 Å². The highest BCUT2D eigenvalue weighted by molar-refractivity contribution is 6.30. The van der Waals surface area contributed by atoms with E-state index in [2.05, 4.69) is 10.3 Å². The minimum Gasteiger partial charge on any atom is -0.494 e. The van der Waals surface area contributed by atoms with E-state index < -0.39 is 36.0 Å². The number of rotatable bonds is 7. The number of methoxy groups -OCH3 is 1. The Morgan fingerprint density at radius 2 is 1.87 bits per heavy atom. The van der Waals surface area contributed by atoms with Crippen LogP contribution in [-0.4, -0.2) is 29.1 Å². The minimum atomic E-state index is -1.22. The van der Waals surface area contributed by atoms with Crippen LogP contribution in [0.15, 0.2) is 54.6 Å². The van der Waals surface area contributed by atoms with Crippen molar-refractivity contribution in [3.63, 3.8) is 0 Å². The van der Waals surface area contributed by atoms with Crippen molar-refractivity contribution < 1.29 is 28.2 Å². The molecule has 31 heavy (non-hydrogen) atoms. The zero-order valence-electron chi connectivity index (χ0n) is 16.2. The van der Waals surface area contributed by atoms with Crippen molar-refractivity contribution in [1.82, 2.24) is 10.3 Å². The lowest BCUT2D eigenvalue weighted by Crippen LogP contribution is -2.31. The molecule has 0 saturated carbocycles. The van der Waals surface area contributed by atoms with E-state index in [1.54, 1.807) is 0 Å². The Morgan fingerprint density at radius 1 is 1.13 bits per heavy atom. The maximum absolute atomic E-state index is 14.4. The Bertz CT molecular complexity index is 1140. The molecule has 0 unspecified atom stereocenters. The fraction of sp³-hybridized carbons (Fsp3) is 0.136. The number of aromatic nitrogens is 1. The van der Waals surface area contributed by atoms with Crippen LogP contribution in [0.2, 0.25) is 5.02 Å². The summed E-state index contributed by atoms with van der Waals surface area (Å²) in [6, 6.07) is 11.0. The third-order valence-corrected chi connectivity index (χ3v) is 4.69. The molecule has 0 saturated heterocycles. The summed E-state index contributed by atoms with van der Waals surface area (Å²) in [6.45, 7) is 0. The fourth-order valence-electron chi connectivity index (χ4n) is 3.01. The summed E-state index contributed by atoms with van der Waals surface area (Å²) in [7, 11) is 1.36. The van der Waals surface area contributed by atoms with Gasteiger partial charge in [-0.2, -0.15) is 0 Å². The average Bonchev–Trinajstić information content (AvgIpc) is 2.74. The number of halogens is 3. The summed E-state index contributed by atoms with van der Waals surface area (Å²) < 4.78 is 33.8. The molecule has 0 bridgehead atoms. The molecule has 2 aromatic carbocycles. The van der Waals surface area contributed by atoms with E-state index in [9.17, 15) is 23.5 Å². The molecule has 0 radical (unpaired) electrons. The van der Waals surface area contributed by atoms with E-state index in [0.29, 0.717) is 0 Å². The quantitative estimate of drug-likeness (QED) is 0.552. The van der Waals surface area contributed by atoms with Crippen molar-refractivity contribution >= 4 is 23.5 Å². The van der Waals surface area contributed by atoms with Crippen molar-refractivity contribution in [3.05, 3.63) is 82.5 Å². The molecule has 1 aromatic heterocycles. The van der Waals surface area contributed by atoms with E-state index in [1.165, 1.54) is 55.6 Å². The van der Waals surface area contributed by atoms with Crippen molar-refractivity contribution in [3.8, 4) is 17.0 Å². The number of nitrogens with zero attached hydrogens (tertiary/aromatic N) is 1. The van der Waals surface area contributed by atoms with E-state index in [0.717, 1.165) is 6.07 Å². The van der Waals surface area contributed by atoms with E-state index in [1.807, 2.05) is 0 Å². The first-order valence-electron chi connectivity index (χ1n) is 9.07. The van der Waals surface area contributed by atoms with Gasteiger partial charge in [0, 0.05) is 16.1 Å². The fourth-order valence-corrected chi connectivity index (χ4v) is 3.18. The maximum atomic E-state index is 14.4. The van der Waals surface area contributed by atoms with Gasteiger partial charge in [-0.25, -0.2) is 13.8 Å². The number of amides is 1. The van der Waals surface area contributed by atoms with Crippen LogP contribution < -0.4 is 10.1 Å². The highest BCUT2D eigenvalue weighted by Gasteiger charge is 2.23. The molecule has 6 nitrogen and oxygen atoms in total. The molecule has 1 amide bonds. The third kappa shape index (κ3) is 5.16. The number of carboxylic acids is 1. The smallest absolute Gasteiger partial charge is 0.305 e. The van der Waals surface area contributed by atoms with Gasteiger partial charge in [-0.05, 0) is 36.4 Å². The Labute approximate surface area is 181 Å². The number of nitrogens with one attached hydrogen (secondary N) is 1. The third-order valence-electron chi connectivity index (χ3n) is 4.46. The number of pyridine rings is 1. The van der Waals surface area contributed by atoms with Gasteiger partial charge >= 0.3 is 5.97 Å². The molecule has 3 aromatic rings. The number of carbonyl (C=O) groups excluding carboxylic acids is 1. The van der Waals surface area contributed by atoms with Gasteiger partial charge in [0.25, 0.3) is 5.91 Å². The van der Waals surface area contributed by atoms with Gasteiger partial charge in [0.05, 0.1) is 19.6 Å². The second-order valence-electron chi connectivity index (χ2n) is 6.52. The molecule has 3 rings (SSSR count). The summed E-state index contributed by atoms with van der Waals surface area (Å²) >= 11 is 5.96. The molecule has 0 aliphatic heterocycles. The van der Waals surface area contributed by atoms with E-state index in [4.69, 9.17) is 16.3 Å². The lowest BCUT2D eigenvalue weighted by Gasteiger charge is -2.18. The number of carboxylic acid groups (broad SMARTS) is 1. The van der Waals surface area contributed by atoms with Crippen LogP contribution in [0.25, 0.3) is 11.3 Å². The monoisotopic (exact) mass is 446 g/mol. The molecular formula is C22H17ClF2N2O4. The first-order chi connectivity index (χ1) is 14.8. The largest absolute Gasteiger partial charge is 0.494 e. The Kier molecular flexibility index (Phi) is 6.81. The van der Waals surface area contributed by atoms with Crippen molar-refractivity contribution in [2.75, 3.05) is 7.11 Å². The number of hydrogen-bond acceptors (Lipinski definition) is 4. The zero-order valence-corrected chi connectivity index (χ0v) is 17.0. The molecule has 1 atom stereocenters. The van der Waals surface area contributed by atoms with Crippen molar-refractivity contribution in [1.29, 1.82) is 0 Å². The normalized spacial score (nSPS) is 11.6. The maximum Gasteiger partial charge on any atom is 0.305 e. The van der Waals surface area contributed by atoms with Gasteiger partial charge in [-0.3, -0.25) is 9.59 Å². The van der Waals surface area contributed by atoms with Crippen LogP contribution in [0.1, 0.15) is 28.5 Å². The number of hydrogen-bond donors (Lipinski definition) is 2. The molecule has 9 heteroatoms. The van der Waals surface area contributed by atoms with Gasteiger partial charge in [0.2, 0.25) is 0 Å². The molecule has 1 heterocycles. The van der Waals surface area contributed by atoms with Gasteiger partial charge in [0.15, 0.2) is 0 Å². The predicted molar refractivity (Wildman–Crippen MR) is 110 cm³/mol. The summed E-state index contributed by atoms with van der Waals surface area (Å²) in [5.74, 6) is -3.06. The van der Waals surface area contributed by atoms with Crippen LogP contribution in [-0.2, 0) is 4.79 Å². The molecule has 160 valence electrons. The van der Waals surface area contributed by atoms with Crippen LogP contribution in [0.3, 0.4) is 0 Å². The zero-order chi connectivity index (χ0) is 22.5.